The number of furan rings is 1. The fourth-order valence-corrected chi connectivity index (χ4v) is 6.18. The van der Waals surface area contributed by atoms with E-state index in [1.54, 1.807) is 48.5 Å². The third kappa shape index (κ3) is 3.72. The largest absolute Gasteiger partial charge is 0.456 e. The van der Waals surface area contributed by atoms with Crippen molar-refractivity contribution in [3.63, 3.8) is 0 Å². The minimum absolute atomic E-state index is 0.0171. The van der Waals surface area contributed by atoms with Gasteiger partial charge in [0.2, 0.25) is 0 Å². The van der Waals surface area contributed by atoms with Crippen molar-refractivity contribution < 1.29 is 19.5 Å². The molecule has 0 aliphatic rings. The Morgan fingerprint density at radius 3 is 1.79 bits per heavy atom. The first-order valence-corrected chi connectivity index (χ1v) is 13.9. The number of para-hydroxylation sites is 1. The van der Waals surface area contributed by atoms with Gasteiger partial charge in [-0.3, -0.25) is 0 Å². The molecular formula is C42H26O. The lowest BCUT2D eigenvalue weighted by molar-refractivity contribution is 0.669. The molecule has 1 nitrogen and oxygen atoms in total. The fourth-order valence-electron chi connectivity index (χ4n) is 6.18. The molecule has 43 heavy (non-hydrogen) atoms. The Labute approximate surface area is 264 Å². The average molecular weight is 558 g/mol. The highest BCUT2D eigenvalue weighted by molar-refractivity contribution is 6.23. The molecule has 0 saturated carbocycles. The summed E-state index contributed by atoms with van der Waals surface area (Å²) in [4.78, 5) is 0. The van der Waals surface area contributed by atoms with Gasteiger partial charge in [0.25, 0.3) is 0 Å². The van der Waals surface area contributed by atoms with Gasteiger partial charge in [0.15, 0.2) is 0 Å². The average Bonchev–Trinajstić information content (AvgIpc) is 3.58. The Morgan fingerprint density at radius 1 is 0.395 bits per heavy atom. The lowest BCUT2D eigenvalue weighted by atomic mass is 9.84. The molecule has 0 saturated heterocycles. The lowest BCUT2D eigenvalue weighted by Crippen LogP contribution is -1.91. The van der Waals surface area contributed by atoms with E-state index >= 15 is 0 Å². The first-order valence-electron chi connectivity index (χ1n) is 19.4. The summed E-state index contributed by atoms with van der Waals surface area (Å²) in [6.45, 7) is 0. The normalized spacial score (nSPS) is 15.3. The van der Waals surface area contributed by atoms with Crippen LogP contribution in [0.25, 0.3) is 87.6 Å². The molecule has 0 atom stereocenters. The molecular weight excluding hydrogens is 520 g/mol. The van der Waals surface area contributed by atoms with Crippen molar-refractivity contribution >= 4 is 54.3 Å². The number of benzene rings is 8. The van der Waals surface area contributed by atoms with Crippen molar-refractivity contribution in [3.8, 4) is 33.4 Å². The zero-order valence-electron chi connectivity index (χ0n) is 33.6. The SMILES string of the molecule is [2H]c1cc2c(-c3ccc(-c4c([2H])c([2H])c5oc6c([2H])c([2H])c([2H])c([2H])c6c5c4[2H])cc3)c3cc([2H])c([2H])cc3c(-c3cccc4ccccc34)c2cc1[2H]. The summed E-state index contributed by atoms with van der Waals surface area (Å²) in [5, 5.41) is 4.77. The van der Waals surface area contributed by atoms with Crippen LogP contribution in [0.1, 0.15) is 15.1 Å². The standard InChI is InChI=1S/C42H26O/c1-2-12-31-28(10-1)11-9-18-33(31)42-36-16-5-3-14-34(36)41(35-15-4-6-17-37(35)42)29-22-20-27(21-23-29)30-24-25-40-38(26-30)32-13-7-8-19-39(32)43-40/h1-26H/i3D,4D,5D,6D,7D,8D,13D,19D,24D,25D,26D. The zero-order valence-corrected chi connectivity index (χ0v) is 22.6. The molecule has 1 aromatic heterocycles. The Balaban J connectivity index is 1.32. The molecule has 0 spiro atoms. The van der Waals surface area contributed by atoms with Gasteiger partial charge < -0.3 is 4.42 Å². The Kier molecular flexibility index (Phi) is 3.41. The molecule has 0 aliphatic carbocycles. The van der Waals surface area contributed by atoms with E-state index in [1.807, 2.05) is 42.5 Å². The van der Waals surface area contributed by atoms with Gasteiger partial charge in [-0.05, 0) is 83.8 Å². The smallest absolute Gasteiger partial charge is 0.135 e. The van der Waals surface area contributed by atoms with Crippen molar-refractivity contribution in [1.29, 1.82) is 0 Å². The zero-order chi connectivity index (χ0) is 37.9. The molecule has 0 amide bonds. The van der Waals surface area contributed by atoms with E-state index in [2.05, 4.69) is 0 Å². The molecule has 0 fully saturated rings. The number of hydrogen-bond acceptors (Lipinski definition) is 1. The molecule has 1 heteroatoms. The minimum Gasteiger partial charge on any atom is -0.456 e. The van der Waals surface area contributed by atoms with E-state index in [9.17, 15) is 1.37 Å². The summed E-state index contributed by atoms with van der Waals surface area (Å²) < 4.78 is 100. The van der Waals surface area contributed by atoms with Crippen molar-refractivity contribution in [2.75, 3.05) is 0 Å². The molecule has 0 radical (unpaired) electrons. The molecule has 8 aromatic carbocycles. The van der Waals surface area contributed by atoms with Crippen molar-refractivity contribution in [3.05, 3.63) is 157 Å². The molecule has 9 rings (SSSR count). The van der Waals surface area contributed by atoms with Crippen LogP contribution in [0.15, 0.2) is 162 Å². The molecule has 0 N–H and O–H groups in total. The number of hydrogen-bond donors (Lipinski definition) is 0. The fraction of sp³-hybridized carbons (Fsp3) is 0. The van der Waals surface area contributed by atoms with Crippen LogP contribution in [-0.4, -0.2) is 0 Å². The van der Waals surface area contributed by atoms with Gasteiger partial charge in [0.1, 0.15) is 11.2 Å². The van der Waals surface area contributed by atoms with E-state index in [0.717, 1.165) is 21.9 Å². The van der Waals surface area contributed by atoms with Crippen LogP contribution in [0.3, 0.4) is 0 Å². The summed E-state index contributed by atoms with van der Waals surface area (Å²) in [6, 6.07) is 25.1. The third-order valence-corrected chi connectivity index (χ3v) is 8.10. The van der Waals surface area contributed by atoms with E-state index < -0.39 is 24.2 Å². The second-order valence-electron chi connectivity index (χ2n) is 10.4. The highest BCUT2D eigenvalue weighted by atomic mass is 16.3. The van der Waals surface area contributed by atoms with E-state index in [4.69, 9.17) is 18.1 Å². The maximum atomic E-state index is 9.19. The Hall–Kier alpha value is -5.66. The number of rotatable bonds is 3. The van der Waals surface area contributed by atoms with E-state index in [0.29, 0.717) is 38.2 Å². The highest BCUT2D eigenvalue weighted by Gasteiger charge is 2.18. The van der Waals surface area contributed by atoms with Crippen LogP contribution in [0.2, 0.25) is 0 Å². The monoisotopic (exact) mass is 557 g/mol. The maximum Gasteiger partial charge on any atom is 0.135 e. The van der Waals surface area contributed by atoms with Crippen LogP contribution >= 0.6 is 0 Å². The lowest BCUT2D eigenvalue weighted by Gasteiger charge is -2.19. The molecule has 0 unspecified atom stereocenters. The van der Waals surface area contributed by atoms with Gasteiger partial charge >= 0.3 is 0 Å². The summed E-state index contributed by atoms with van der Waals surface area (Å²) in [6.07, 6.45) is 0. The van der Waals surface area contributed by atoms with Gasteiger partial charge in [-0.25, -0.2) is 0 Å². The Bertz CT molecular complexity index is 3040. The predicted octanol–water partition coefficient (Wildman–Crippen LogP) is 12.0. The van der Waals surface area contributed by atoms with Crippen LogP contribution in [0, 0.1) is 0 Å². The summed E-state index contributed by atoms with van der Waals surface area (Å²) >= 11 is 0. The Morgan fingerprint density at radius 2 is 1.02 bits per heavy atom. The molecule has 0 aliphatic heterocycles. The van der Waals surface area contributed by atoms with Gasteiger partial charge in [-0.15, -0.1) is 0 Å². The summed E-state index contributed by atoms with van der Waals surface area (Å²) in [5.41, 5.74) is 3.23. The van der Waals surface area contributed by atoms with Crippen LogP contribution in [0.5, 0.6) is 0 Å². The second kappa shape index (κ2) is 9.44. The predicted molar refractivity (Wildman–Crippen MR) is 183 cm³/mol. The summed E-state index contributed by atoms with van der Waals surface area (Å²) in [5.74, 6) is 0. The topological polar surface area (TPSA) is 13.1 Å². The second-order valence-corrected chi connectivity index (χ2v) is 10.4. The molecule has 0 bridgehead atoms. The van der Waals surface area contributed by atoms with Crippen LogP contribution in [0.4, 0.5) is 0 Å². The number of fused-ring (bicyclic) bond motifs is 6. The van der Waals surface area contributed by atoms with Crippen LogP contribution < -0.4 is 0 Å². The van der Waals surface area contributed by atoms with Crippen molar-refractivity contribution in [1.82, 2.24) is 0 Å². The minimum atomic E-state index is -0.496. The van der Waals surface area contributed by atoms with Gasteiger partial charge in [-0.1, -0.05) is 139 Å². The quantitative estimate of drug-likeness (QED) is 0.197. The van der Waals surface area contributed by atoms with Crippen molar-refractivity contribution in [2.24, 2.45) is 0 Å². The first kappa shape index (κ1) is 15.5. The van der Waals surface area contributed by atoms with Gasteiger partial charge in [0, 0.05) is 10.8 Å². The maximum absolute atomic E-state index is 9.19. The van der Waals surface area contributed by atoms with Crippen LogP contribution in [-0.2, 0) is 0 Å². The molecule has 9 aromatic rings. The molecule has 1 heterocycles. The molecule has 200 valence electrons. The van der Waals surface area contributed by atoms with Gasteiger partial charge in [-0.2, -0.15) is 0 Å². The van der Waals surface area contributed by atoms with Gasteiger partial charge in [0.05, 0.1) is 15.1 Å². The van der Waals surface area contributed by atoms with E-state index in [-0.39, 0.29) is 69.8 Å². The first-order chi connectivity index (χ1) is 25.9. The third-order valence-electron chi connectivity index (χ3n) is 8.10. The summed E-state index contributed by atoms with van der Waals surface area (Å²) in [7, 11) is 0. The van der Waals surface area contributed by atoms with Crippen molar-refractivity contribution in [2.45, 2.75) is 0 Å². The highest BCUT2D eigenvalue weighted by Crippen LogP contribution is 2.45. The van der Waals surface area contributed by atoms with E-state index in [1.165, 1.54) is 0 Å².